The molecule has 0 spiro atoms. The smallest absolute Gasteiger partial charge is 0.257 e. The Balaban J connectivity index is 1.59. The van der Waals surface area contributed by atoms with Crippen molar-refractivity contribution in [1.29, 1.82) is 0 Å². The molecule has 0 unspecified atom stereocenters. The van der Waals surface area contributed by atoms with E-state index >= 15 is 0 Å². The Bertz CT molecular complexity index is 986. The van der Waals surface area contributed by atoms with E-state index in [1.54, 1.807) is 30.3 Å². The Kier molecular flexibility index (Phi) is 6.73. The van der Waals surface area contributed by atoms with Gasteiger partial charge in [-0.2, -0.15) is 0 Å². The third kappa shape index (κ3) is 5.77. The number of nitrogens with zero attached hydrogens (tertiary/aromatic N) is 1. The van der Waals surface area contributed by atoms with E-state index in [1.807, 2.05) is 30.3 Å². The highest BCUT2D eigenvalue weighted by Crippen LogP contribution is 2.18. The van der Waals surface area contributed by atoms with Gasteiger partial charge in [0.15, 0.2) is 0 Å². The van der Waals surface area contributed by atoms with Crippen LogP contribution in [0.3, 0.4) is 0 Å². The van der Waals surface area contributed by atoms with Crippen LogP contribution in [0.15, 0.2) is 85.7 Å². The van der Waals surface area contributed by atoms with Crippen LogP contribution in [-0.4, -0.2) is 23.3 Å². The van der Waals surface area contributed by atoms with Crippen molar-refractivity contribution >= 4 is 17.5 Å². The van der Waals surface area contributed by atoms with E-state index in [2.05, 4.69) is 22.2 Å². The van der Waals surface area contributed by atoms with Crippen molar-refractivity contribution in [1.82, 2.24) is 10.3 Å². The molecule has 6 heteroatoms. The van der Waals surface area contributed by atoms with E-state index in [9.17, 15) is 9.59 Å². The first-order valence-corrected chi connectivity index (χ1v) is 9.08. The minimum absolute atomic E-state index is 0.292. The van der Waals surface area contributed by atoms with Gasteiger partial charge in [-0.05, 0) is 35.9 Å². The van der Waals surface area contributed by atoms with Gasteiger partial charge in [-0.25, -0.2) is 0 Å². The lowest BCUT2D eigenvalue weighted by Crippen LogP contribution is -2.24. The van der Waals surface area contributed by atoms with Gasteiger partial charge in [0.05, 0.1) is 11.1 Å². The molecule has 3 rings (SSSR count). The summed E-state index contributed by atoms with van der Waals surface area (Å²) >= 11 is 0. The number of hydrogen-bond donors (Lipinski definition) is 2. The van der Waals surface area contributed by atoms with Crippen LogP contribution in [0.4, 0.5) is 5.69 Å². The number of nitrogens with one attached hydrogen (secondary N) is 2. The molecule has 2 N–H and O–H groups in total. The summed E-state index contributed by atoms with van der Waals surface area (Å²) in [5.41, 5.74) is 2.29. The molecule has 0 aliphatic carbocycles. The van der Waals surface area contributed by atoms with E-state index in [4.69, 9.17) is 4.74 Å². The maximum Gasteiger partial charge on any atom is 0.257 e. The zero-order valence-electron chi connectivity index (χ0n) is 15.8. The number of aromatic nitrogens is 1. The van der Waals surface area contributed by atoms with Gasteiger partial charge in [0.1, 0.15) is 12.4 Å². The SMILES string of the molecule is C=CCNC(=O)c1cncc(C(=O)Nc2ccc(OCc3ccccc3)cc2)c1. The van der Waals surface area contributed by atoms with Gasteiger partial charge >= 0.3 is 0 Å². The largest absolute Gasteiger partial charge is 0.489 e. The average Bonchev–Trinajstić information content (AvgIpc) is 2.77. The van der Waals surface area contributed by atoms with Crippen LogP contribution in [0.25, 0.3) is 0 Å². The summed E-state index contributed by atoms with van der Waals surface area (Å²) in [6.07, 6.45) is 4.40. The number of anilines is 1. The Morgan fingerprint density at radius 3 is 2.34 bits per heavy atom. The lowest BCUT2D eigenvalue weighted by molar-refractivity contribution is 0.0957. The van der Waals surface area contributed by atoms with E-state index in [-0.39, 0.29) is 11.8 Å². The second-order valence-corrected chi connectivity index (χ2v) is 6.21. The van der Waals surface area contributed by atoms with Crippen molar-refractivity contribution in [2.24, 2.45) is 0 Å². The molecule has 0 saturated carbocycles. The van der Waals surface area contributed by atoms with Crippen molar-refractivity contribution in [3.8, 4) is 5.75 Å². The van der Waals surface area contributed by atoms with Crippen molar-refractivity contribution < 1.29 is 14.3 Å². The fourth-order valence-corrected chi connectivity index (χ4v) is 2.53. The van der Waals surface area contributed by atoms with Gasteiger partial charge in [-0.15, -0.1) is 6.58 Å². The van der Waals surface area contributed by atoms with Crippen LogP contribution in [0.5, 0.6) is 5.75 Å². The summed E-state index contributed by atoms with van der Waals surface area (Å²) in [6, 6.07) is 18.5. The summed E-state index contributed by atoms with van der Waals surface area (Å²) in [6.45, 7) is 4.36. The van der Waals surface area contributed by atoms with E-state index in [0.29, 0.717) is 35.7 Å². The quantitative estimate of drug-likeness (QED) is 0.576. The predicted molar refractivity (Wildman–Crippen MR) is 112 cm³/mol. The summed E-state index contributed by atoms with van der Waals surface area (Å²) in [5, 5.41) is 5.44. The minimum atomic E-state index is -0.353. The topological polar surface area (TPSA) is 80.3 Å². The third-order valence-electron chi connectivity index (χ3n) is 4.03. The summed E-state index contributed by atoms with van der Waals surface area (Å²) in [7, 11) is 0. The van der Waals surface area contributed by atoms with Gasteiger partial charge in [0, 0.05) is 24.6 Å². The zero-order chi connectivity index (χ0) is 20.5. The van der Waals surface area contributed by atoms with E-state index in [1.165, 1.54) is 18.5 Å². The minimum Gasteiger partial charge on any atom is -0.489 e. The van der Waals surface area contributed by atoms with E-state index < -0.39 is 0 Å². The lowest BCUT2D eigenvalue weighted by atomic mass is 10.2. The van der Waals surface area contributed by atoms with Crippen molar-refractivity contribution in [2.75, 3.05) is 11.9 Å². The molecular formula is C23H21N3O3. The number of amides is 2. The van der Waals surface area contributed by atoms with Crippen LogP contribution >= 0.6 is 0 Å². The molecule has 0 radical (unpaired) electrons. The first-order valence-electron chi connectivity index (χ1n) is 9.08. The summed E-state index contributed by atoms with van der Waals surface area (Å²) < 4.78 is 5.74. The third-order valence-corrected chi connectivity index (χ3v) is 4.03. The maximum absolute atomic E-state index is 12.5. The molecule has 0 aliphatic heterocycles. The lowest BCUT2D eigenvalue weighted by Gasteiger charge is -2.09. The zero-order valence-corrected chi connectivity index (χ0v) is 15.8. The molecule has 0 fully saturated rings. The molecule has 0 atom stereocenters. The van der Waals surface area contributed by atoms with Crippen molar-refractivity contribution in [3.05, 3.63) is 102 Å². The normalized spacial score (nSPS) is 10.1. The molecular weight excluding hydrogens is 366 g/mol. The molecule has 6 nitrogen and oxygen atoms in total. The number of carbonyl (C=O) groups is 2. The van der Waals surface area contributed by atoms with Gasteiger partial charge < -0.3 is 15.4 Å². The first kappa shape index (κ1) is 19.8. The number of carbonyl (C=O) groups excluding carboxylic acids is 2. The number of ether oxygens (including phenoxy) is 1. The molecule has 0 aliphatic rings. The second-order valence-electron chi connectivity index (χ2n) is 6.21. The highest BCUT2D eigenvalue weighted by molar-refractivity contribution is 6.05. The number of hydrogen-bond acceptors (Lipinski definition) is 4. The first-order chi connectivity index (χ1) is 14.2. The van der Waals surface area contributed by atoms with Crippen LogP contribution in [-0.2, 0) is 6.61 Å². The molecule has 1 aromatic heterocycles. The van der Waals surface area contributed by atoms with Crippen LogP contribution in [0, 0.1) is 0 Å². The molecule has 3 aromatic rings. The molecule has 2 amide bonds. The van der Waals surface area contributed by atoms with Gasteiger partial charge in [0.25, 0.3) is 11.8 Å². The standard InChI is InChI=1S/C23H21N3O3/c1-2-12-25-22(27)18-13-19(15-24-14-18)23(28)26-20-8-10-21(11-9-20)29-16-17-6-4-3-5-7-17/h2-11,13-15H,1,12,16H2,(H,25,27)(H,26,28). The molecule has 2 aromatic carbocycles. The van der Waals surface area contributed by atoms with Crippen LogP contribution < -0.4 is 15.4 Å². The summed E-state index contributed by atoms with van der Waals surface area (Å²) in [4.78, 5) is 28.4. The molecule has 29 heavy (non-hydrogen) atoms. The molecule has 146 valence electrons. The molecule has 0 bridgehead atoms. The predicted octanol–water partition coefficient (Wildman–Crippen LogP) is 3.83. The van der Waals surface area contributed by atoms with Crippen LogP contribution in [0.1, 0.15) is 26.3 Å². The summed E-state index contributed by atoms with van der Waals surface area (Å²) in [5.74, 6) is 0.0372. The maximum atomic E-state index is 12.5. The Hall–Kier alpha value is -3.93. The second kappa shape index (κ2) is 9.85. The van der Waals surface area contributed by atoms with Gasteiger partial charge in [-0.3, -0.25) is 14.6 Å². The average molecular weight is 387 g/mol. The molecule has 0 saturated heterocycles. The number of rotatable bonds is 8. The highest BCUT2D eigenvalue weighted by Gasteiger charge is 2.11. The van der Waals surface area contributed by atoms with Crippen molar-refractivity contribution in [2.45, 2.75) is 6.61 Å². The fourth-order valence-electron chi connectivity index (χ4n) is 2.53. The van der Waals surface area contributed by atoms with E-state index in [0.717, 1.165) is 5.56 Å². The Morgan fingerprint density at radius 2 is 1.66 bits per heavy atom. The highest BCUT2D eigenvalue weighted by atomic mass is 16.5. The van der Waals surface area contributed by atoms with Gasteiger partial charge in [-0.1, -0.05) is 36.4 Å². The molecule has 1 heterocycles. The monoisotopic (exact) mass is 387 g/mol. The Labute approximate surface area is 169 Å². The number of benzene rings is 2. The fraction of sp³-hybridized carbons (Fsp3) is 0.0870. The Morgan fingerprint density at radius 1 is 0.966 bits per heavy atom. The van der Waals surface area contributed by atoms with Crippen molar-refractivity contribution in [3.63, 3.8) is 0 Å². The van der Waals surface area contributed by atoms with Crippen LogP contribution in [0.2, 0.25) is 0 Å². The van der Waals surface area contributed by atoms with Gasteiger partial charge in [0.2, 0.25) is 0 Å². The number of pyridine rings is 1.